The minimum atomic E-state index is 0.618. The van der Waals surface area contributed by atoms with Crippen LogP contribution in [0.2, 0.25) is 0 Å². The number of para-hydroxylation sites is 6. The SMILES string of the molecule is c1ccc(-c2ccc(-c3cc(-c4ccccc4)nc(-c4cc(-n5c6ccccc6c6c7c8ccccc8n(-c8ccccc8)c7ccc65)c5ccccc5c4)n3)cc2)cc1.c1ccc(-c2ccc(-c3nc(-c4ccccc4)nc(-c4cc(-n5c6ccccc6c6c7c8ccccc8n(-c8ccccc8)c7ccc65)c5ccccc5c4)n3)cc2)cc1. The zero-order chi connectivity index (χ0) is 79.1. The van der Waals surface area contributed by atoms with Crippen LogP contribution in [-0.2, 0) is 0 Å². The Balaban J connectivity index is 0.000000140. The molecule has 0 unspecified atom stereocenters. The first kappa shape index (κ1) is 69.3. The molecule has 18 aromatic carbocycles. The van der Waals surface area contributed by atoms with Gasteiger partial charge in [-0.05, 0) is 136 Å². The first-order valence-electron chi connectivity index (χ1n) is 40.7. The smallest absolute Gasteiger partial charge is 0.164 e. The molecule has 0 fully saturated rings. The maximum atomic E-state index is 5.34. The first-order valence-corrected chi connectivity index (χ1v) is 40.7. The first-order chi connectivity index (χ1) is 59.5. The van der Waals surface area contributed by atoms with Gasteiger partial charge in [0.25, 0.3) is 0 Å². The number of nitrogens with zero attached hydrogens (tertiary/aromatic N) is 9. The Hall–Kier alpha value is -16.2. The van der Waals surface area contributed by atoms with E-state index in [1.54, 1.807) is 0 Å². The predicted octanol–water partition coefficient (Wildman–Crippen LogP) is 28.4. The largest absolute Gasteiger partial charge is 0.309 e. The molecule has 0 atom stereocenters. The van der Waals surface area contributed by atoms with Gasteiger partial charge in [0.1, 0.15) is 0 Å². The average Bonchev–Trinajstić information content (AvgIpc) is 1.55. The molecule has 0 saturated carbocycles. The number of aromatic nitrogens is 9. The van der Waals surface area contributed by atoms with Crippen molar-refractivity contribution in [1.29, 1.82) is 0 Å². The van der Waals surface area contributed by atoms with Crippen LogP contribution in [0.4, 0.5) is 0 Å². The van der Waals surface area contributed by atoms with Crippen LogP contribution < -0.4 is 0 Å². The number of hydrogen-bond acceptors (Lipinski definition) is 5. The van der Waals surface area contributed by atoms with Crippen LogP contribution in [0.15, 0.2) is 431 Å². The highest BCUT2D eigenvalue weighted by molar-refractivity contribution is 6.31. The molecule has 120 heavy (non-hydrogen) atoms. The molecular weight excluding hydrogens is 1460 g/mol. The molecule has 6 aromatic heterocycles. The summed E-state index contributed by atoms with van der Waals surface area (Å²) >= 11 is 0. The molecule has 24 rings (SSSR count). The molecule has 24 aromatic rings. The van der Waals surface area contributed by atoms with E-state index in [1.807, 2.05) is 30.3 Å². The second-order valence-corrected chi connectivity index (χ2v) is 30.6. The van der Waals surface area contributed by atoms with Crippen molar-refractivity contribution in [3.63, 3.8) is 0 Å². The second kappa shape index (κ2) is 28.9. The van der Waals surface area contributed by atoms with Crippen molar-refractivity contribution in [2.24, 2.45) is 0 Å². The fraction of sp³-hybridized carbons (Fsp3) is 0. The molecule has 0 aliphatic rings. The van der Waals surface area contributed by atoms with Gasteiger partial charge in [-0.3, -0.25) is 0 Å². The summed E-state index contributed by atoms with van der Waals surface area (Å²) in [6.45, 7) is 0. The van der Waals surface area contributed by atoms with Crippen molar-refractivity contribution in [2.45, 2.75) is 0 Å². The molecule has 0 aliphatic heterocycles. The minimum absolute atomic E-state index is 0.618. The summed E-state index contributed by atoms with van der Waals surface area (Å²) in [6.07, 6.45) is 0. The van der Waals surface area contributed by atoms with Gasteiger partial charge >= 0.3 is 0 Å². The van der Waals surface area contributed by atoms with Crippen molar-refractivity contribution in [3.05, 3.63) is 431 Å². The molecule has 6 heterocycles. The summed E-state index contributed by atoms with van der Waals surface area (Å²) in [4.78, 5) is 26.1. The van der Waals surface area contributed by atoms with Gasteiger partial charge < -0.3 is 18.3 Å². The summed E-state index contributed by atoms with van der Waals surface area (Å²) in [5.74, 6) is 2.56. The van der Waals surface area contributed by atoms with Crippen LogP contribution in [-0.4, -0.2) is 43.2 Å². The zero-order valence-electron chi connectivity index (χ0n) is 65.0. The van der Waals surface area contributed by atoms with Crippen molar-refractivity contribution in [1.82, 2.24) is 43.2 Å². The van der Waals surface area contributed by atoms with Crippen LogP contribution in [0, 0.1) is 0 Å². The number of fused-ring (bicyclic) bond motifs is 16. The van der Waals surface area contributed by atoms with E-state index in [2.05, 4.69) is 419 Å². The molecule has 560 valence electrons. The monoisotopic (exact) mass is 1530 g/mol. The normalized spacial score (nSPS) is 11.7. The lowest BCUT2D eigenvalue weighted by Gasteiger charge is -2.15. The van der Waals surface area contributed by atoms with E-state index >= 15 is 0 Å². The van der Waals surface area contributed by atoms with E-state index in [-0.39, 0.29) is 0 Å². The van der Waals surface area contributed by atoms with Crippen molar-refractivity contribution in [2.75, 3.05) is 0 Å². The van der Waals surface area contributed by atoms with Gasteiger partial charge in [0, 0.05) is 98.6 Å². The summed E-state index contributed by atoms with van der Waals surface area (Å²) in [5.41, 5.74) is 26.0. The summed E-state index contributed by atoms with van der Waals surface area (Å²) in [6, 6.07) is 153. The molecule has 0 spiro atoms. The number of rotatable bonds is 12. The van der Waals surface area contributed by atoms with Crippen LogP contribution in [0.5, 0.6) is 0 Å². The van der Waals surface area contributed by atoms with Gasteiger partial charge in [0.15, 0.2) is 23.3 Å². The molecule has 0 amide bonds. The second-order valence-electron chi connectivity index (χ2n) is 30.6. The molecule has 0 saturated heterocycles. The topological polar surface area (TPSA) is 84.2 Å². The van der Waals surface area contributed by atoms with E-state index in [1.165, 1.54) is 81.8 Å². The van der Waals surface area contributed by atoms with E-state index in [9.17, 15) is 0 Å². The Labute approximate surface area is 691 Å². The van der Waals surface area contributed by atoms with Crippen molar-refractivity contribution < 1.29 is 0 Å². The highest BCUT2D eigenvalue weighted by Gasteiger charge is 2.26. The molecular formula is C111H71N9. The molecule has 0 N–H and O–H groups in total. The number of hydrogen-bond donors (Lipinski definition) is 0. The molecule has 0 radical (unpaired) electrons. The Bertz CT molecular complexity index is 7620. The van der Waals surface area contributed by atoms with Gasteiger partial charge in [-0.25, -0.2) is 24.9 Å². The third kappa shape index (κ3) is 11.8. The van der Waals surface area contributed by atoms with Crippen molar-refractivity contribution >= 4 is 109 Å². The average molecular weight is 1530 g/mol. The predicted molar refractivity (Wildman–Crippen MR) is 498 cm³/mol. The van der Waals surface area contributed by atoms with Crippen molar-refractivity contribution in [3.8, 4) is 113 Å². The van der Waals surface area contributed by atoms with Gasteiger partial charge in [-0.2, -0.15) is 0 Å². The molecule has 9 nitrogen and oxygen atoms in total. The lowest BCUT2D eigenvalue weighted by Crippen LogP contribution is -2.02. The van der Waals surface area contributed by atoms with Crippen LogP contribution in [0.3, 0.4) is 0 Å². The standard InChI is InChI=1S/C56H36N4.C55H35N5/c1-4-16-37(17-5-1)38-28-30-40(31-29-38)48-36-47(39-18-6-2-7-19-39)57-56(58-48)42-34-41-20-10-11-23-44(41)53(35-42)60-50-27-15-13-25-46(50)55-52(60)33-32-51-54(55)45-24-12-14-26-49(45)59(51)43-21-8-3-9-22-43;1-4-16-36(17-5-1)37-28-30-39(31-29-37)54-56-53(38-18-6-2-7-19-38)57-55(58-54)41-34-40-20-10-11-23-43(40)50(35-41)60-47-27-15-13-25-45(47)52-49(60)33-32-48-51(52)44-24-12-14-26-46(44)59(48)42-21-8-3-9-22-42/h1-36H;1-35H. The fourth-order valence-electron chi connectivity index (χ4n) is 18.2. The molecule has 0 aliphatic carbocycles. The van der Waals surface area contributed by atoms with E-state index in [4.69, 9.17) is 24.9 Å². The maximum absolute atomic E-state index is 5.34. The third-order valence-electron chi connectivity index (χ3n) is 23.7. The lowest BCUT2D eigenvalue weighted by atomic mass is 10.0. The Morgan fingerprint density at radius 1 is 0.150 bits per heavy atom. The van der Waals surface area contributed by atoms with Gasteiger partial charge in [-0.1, -0.05) is 328 Å². The van der Waals surface area contributed by atoms with Gasteiger partial charge in [0.05, 0.1) is 66.9 Å². The fourth-order valence-corrected chi connectivity index (χ4v) is 18.2. The summed E-state index contributed by atoms with van der Waals surface area (Å²) in [5, 5.41) is 14.4. The maximum Gasteiger partial charge on any atom is 0.164 e. The van der Waals surface area contributed by atoms with Crippen LogP contribution >= 0.6 is 0 Å². The molecule has 0 bridgehead atoms. The van der Waals surface area contributed by atoms with E-state index < -0.39 is 0 Å². The Kier molecular flexibility index (Phi) is 16.7. The summed E-state index contributed by atoms with van der Waals surface area (Å²) in [7, 11) is 0. The van der Waals surface area contributed by atoms with Gasteiger partial charge in [0.2, 0.25) is 0 Å². The Morgan fingerprint density at radius 3 is 0.783 bits per heavy atom. The molecule has 9 heteroatoms. The highest BCUT2D eigenvalue weighted by atomic mass is 15.1. The zero-order valence-corrected chi connectivity index (χ0v) is 65.0. The van der Waals surface area contributed by atoms with Gasteiger partial charge in [-0.15, -0.1) is 0 Å². The highest BCUT2D eigenvalue weighted by Crippen LogP contribution is 2.47. The van der Waals surface area contributed by atoms with Crippen LogP contribution in [0.1, 0.15) is 0 Å². The Morgan fingerprint density at radius 2 is 0.400 bits per heavy atom. The van der Waals surface area contributed by atoms with E-state index in [0.29, 0.717) is 23.3 Å². The minimum Gasteiger partial charge on any atom is -0.309 e. The van der Waals surface area contributed by atoms with Crippen LogP contribution in [0.25, 0.3) is 222 Å². The quantitative estimate of drug-likeness (QED) is 0.122. The van der Waals surface area contributed by atoms with E-state index in [0.717, 1.165) is 117 Å². The third-order valence-corrected chi connectivity index (χ3v) is 23.7. The lowest BCUT2D eigenvalue weighted by molar-refractivity contribution is 1.07. The number of benzene rings is 18. The summed E-state index contributed by atoms with van der Waals surface area (Å²) < 4.78 is 9.68.